The molecule has 0 bridgehead atoms. The lowest BCUT2D eigenvalue weighted by molar-refractivity contribution is -0.534. The highest BCUT2D eigenvalue weighted by atomic mass is 16.6. The minimum absolute atomic E-state index is 0.104. The van der Waals surface area contributed by atoms with Gasteiger partial charge in [-0.3, -0.25) is 25.2 Å². The maximum atomic E-state index is 12.2. The lowest BCUT2D eigenvalue weighted by Crippen LogP contribution is -2.57. The van der Waals surface area contributed by atoms with Crippen molar-refractivity contribution in [2.75, 3.05) is 0 Å². The highest BCUT2D eigenvalue weighted by Crippen LogP contribution is 2.33. The summed E-state index contributed by atoms with van der Waals surface area (Å²) in [6.07, 6.45) is 5.16. The second kappa shape index (κ2) is 6.09. The van der Waals surface area contributed by atoms with Gasteiger partial charge in [0.2, 0.25) is 0 Å². The van der Waals surface area contributed by atoms with Crippen molar-refractivity contribution < 1.29 is 4.92 Å². The van der Waals surface area contributed by atoms with Crippen LogP contribution in [0.1, 0.15) is 25.0 Å². The quantitative estimate of drug-likeness (QED) is 0.559. The first-order chi connectivity index (χ1) is 11.9. The van der Waals surface area contributed by atoms with E-state index in [1.165, 1.54) is 12.4 Å². The molecule has 1 aliphatic rings. The molecular weight excluding hydrogens is 326 g/mol. The standard InChI is InChI=1S/C14H19N9O2/c1-3-21-7-9(5-17-21)11-14(23(24)25,12(15)20-13(16)19-11)10-6-18-22(4-2)8-10/h5-8,13H,3-4,16H2,1-2H3,(H2,15,20). The summed E-state index contributed by atoms with van der Waals surface area (Å²) >= 11 is 0. The fraction of sp³-hybridized carbons (Fsp3) is 0.429. The third kappa shape index (κ3) is 2.48. The van der Waals surface area contributed by atoms with Crippen LogP contribution in [0.2, 0.25) is 0 Å². The number of hydrogen-bond donors (Lipinski definition) is 2. The van der Waals surface area contributed by atoms with Crippen LogP contribution in [0.5, 0.6) is 0 Å². The van der Waals surface area contributed by atoms with E-state index in [0.717, 1.165) is 0 Å². The van der Waals surface area contributed by atoms with Crippen molar-refractivity contribution in [1.29, 1.82) is 0 Å². The number of aryl methyl sites for hydroxylation is 2. The number of amidine groups is 1. The summed E-state index contributed by atoms with van der Waals surface area (Å²) in [6, 6.07) is 0. The first-order valence-electron chi connectivity index (χ1n) is 7.81. The number of aromatic nitrogens is 4. The fourth-order valence-corrected chi connectivity index (χ4v) is 2.85. The maximum absolute atomic E-state index is 12.2. The zero-order valence-electron chi connectivity index (χ0n) is 13.9. The molecule has 0 saturated carbocycles. The van der Waals surface area contributed by atoms with Crippen LogP contribution in [0, 0.1) is 10.1 Å². The van der Waals surface area contributed by atoms with E-state index in [9.17, 15) is 10.1 Å². The SMILES string of the molecule is CCn1cc(C2=NC(N)N=C(N)C2(c2cnn(CC)c2)[N+](=O)[O-])cn1. The van der Waals surface area contributed by atoms with Gasteiger partial charge in [0.15, 0.2) is 12.1 Å². The molecular formula is C14H19N9O2. The molecule has 0 radical (unpaired) electrons. The van der Waals surface area contributed by atoms with Crippen molar-refractivity contribution in [2.24, 2.45) is 21.5 Å². The molecule has 0 aliphatic carbocycles. The number of nitrogens with two attached hydrogens (primary N) is 2. The summed E-state index contributed by atoms with van der Waals surface area (Å²) in [7, 11) is 0. The van der Waals surface area contributed by atoms with Crippen LogP contribution in [-0.4, -0.2) is 42.3 Å². The maximum Gasteiger partial charge on any atom is 0.347 e. The normalized spacial score (nSPS) is 23.2. The van der Waals surface area contributed by atoms with Gasteiger partial charge in [0.25, 0.3) is 0 Å². The van der Waals surface area contributed by atoms with E-state index in [1.807, 2.05) is 13.8 Å². The average molecular weight is 345 g/mol. The summed E-state index contributed by atoms with van der Waals surface area (Å²) in [6.45, 7) is 4.96. The molecule has 0 aromatic carbocycles. The Bertz CT molecular complexity index is 865. The molecule has 3 rings (SSSR count). The van der Waals surface area contributed by atoms with Crippen molar-refractivity contribution in [3.63, 3.8) is 0 Å². The lowest BCUT2D eigenvalue weighted by atomic mass is 9.82. The molecule has 4 N–H and O–H groups in total. The molecule has 2 atom stereocenters. The number of aliphatic imine (C=N–C) groups is 2. The van der Waals surface area contributed by atoms with E-state index in [2.05, 4.69) is 20.2 Å². The van der Waals surface area contributed by atoms with Gasteiger partial charge in [-0.1, -0.05) is 0 Å². The second-order valence-electron chi connectivity index (χ2n) is 5.54. The molecule has 1 aliphatic heterocycles. The Labute approximate surface area is 143 Å². The van der Waals surface area contributed by atoms with E-state index in [0.29, 0.717) is 18.7 Å². The summed E-state index contributed by atoms with van der Waals surface area (Å²) in [4.78, 5) is 19.9. The first-order valence-corrected chi connectivity index (χ1v) is 7.81. The Morgan fingerprint density at radius 1 is 1.20 bits per heavy atom. The molecule has 132 valence electrons. The van der Waals surface area contributed by atoms with Crippen molar-refractivity contribution >= 4 is 11.5 Å². The van der Waals surface area contributed by atoms with E-state index in [1.54, 1.807) is 21.8 Å². The van der Waals surface area contributed by atoms with Crippen LogP contribution in [-0.2, 0) is 18.6 Å². The predicted molar refractivity (Wildman–Crippen MR) is 90.6 cm³/mol. The van der Waals surface area contributed by atoms with Crippen molar-refractivity contribution in [3.8, 4) is 0 Å². The topological polar surface area (TPSA) is 156 Å². The Balaban J connectivity index is 2.26. The van der Waals surface area contributed by atoms with Gasteiger partial charge >= 0.3 is 5.54 Å². The highest BCUT2D eigenvalue weighted by molar-refractivity contribution is 6.21. The zero-order valence-corrected chi connectivity index (χ0v) is 13.9. The lowest BCUT2D eigenvalue weighted by Gasteiger charge is -2.28. The van der Waals surface area contributed by atoms with Crippen LogP contribution in [0.25, 0.3) is 0 Å². The summed E-state index contributed by atoms with van der Waals surface area (Å²) < 4.78 is 3.22. The molecule has 2 unspecified atom stereocenters. The van der Waals surface area contributed by atoms with Gasteiger partial charge in [-0.15, -0.1) is 0 Å². The Morgan fingerprint density at radius 2 is 1.84 bits per heavy atom. The van der Waals surface area contributed by atoms with Gasteiger partial charge in [-0.05, 0) is 13.8 Å². The zero-order chi connectivity index (χ0) is 18.2. The summed E-state index contributed by atoms with van der Waals surface area (Å²) in [5, 5.41) is 20.5. The Kier molecular flexibility index (Phi) is 4.08. The molecule has 2 aromatic heterocycles. The van der Waals surface area contributed by atoms with E-state index >= 15 is 0 Å². The van der Waals surface area contributed by atoms with Gasteiger partial charge in [0, 0.05) is 36.0 Å². The van der Waals surface area contributed by atoms with Gasteiger partial charge in [-0.2, -0.15) is 10.2 Å². The molecule has 3 heterocycles. The molecule has 0 spiro atoms. The van der Waals surface area contributed by atoms with Gasteiger partial charge < -0.3 is 5.73 Å². The minimum Gasteiger partial charge on any atom is -0.381 e. The Morgan fingerprint density at radius 3 is 2.40 bits per heavy atom. The van der Waals surface area contributed by atoms with Crippen molar-refractivity contribution in [2.45, 2.75) is 38.8 Å². The molecule has 25 heavy (non-hydrogen) atoms. The molecule has 0 fully saturated rings. The number of nitro groups is 1. The number of rotatable bonds is 5. The number of hydrogen-bond acceptors (Lipinski definition) is 8. The van der Waals surface area contributed by atoms with Crippen LogP contribution >= 0.6 is 0 Å². The molecule has 11 heteroatoms. The average Bonchev–Trinajstić information content (AvgIpc) is 3.23. The number of nitrogens with zero attached hydrogens (tertiary/aromatic N) is 7. The van der Waals surface area contributed by atoms with Crippen molar-refractivity contribution in [1.82, 2.24) is 19.6 Å². The van der Waals surface area contributed by atoms with E-state index in [4.69, 9.17) is 11.5 Å². The van der Waals surface area contributed by atoms with Gasteiger partial charge in [-0.25, -0.2) is 9.98 Å². The van der Waals surface area contributed by atoms with Crippen LogP contribution in [0.4, 0.5) is 0 Å². The van der Waals surface area contributed by atoms with Gasteiger partial charge in [0.1, 0.15) is 5.71 Å². The summed E-state index contributed by atoms with van der Waals surface area (Å²) in [5.41, 5.74) is 10.7. The smallest absolute Gasteiger partial charge is 0.347 e. The predicted octanol–water partition coefficient (Wildman–Crippen LogP) is -0.306. The third-order valence-electron chi connectivity index (χ3n) is 4.13. The Hall–Kier alpha value is -3.08. The molecule has 0 amide bonds. The third-order valence-corrected chi connectivity index (χ3v) is 4.13. The van der Waals surface area contributed by atoms with E-state index < -0.39 is 16.8 Å². The van der Waals surface area contributed by atoms with Crippen LogP contribution in [0.15, 0.2) is 34.8 Å². The highest BCUT2D eigenvalue weighted by Gasteiger charge is 2.58. The van der Waals surface area contributed by atoms with Gasteiger partial charge in [0.05, 0.1) is 18.0 Å². The second-order valence-corrected chi connectivity index (χ2v) is 5.54. The van der Waals surface area contributed by atoms with Crippen LogP contribution < -0.4 is 11.5 Å². The summed E-state index contributed by atoms with van der Waals surface area (Å²) in [5.74, 6) is -0.227. The first kappa shape index (κ1) is 16.8. The fourth-order valence-electron chi connectivity index (χ4n) is 2.85. The largest absolute Gasteiger partial charge is 0.381 e. The minimum atomic E-state index is -1.95. The molecule has 0 saturated heterocycles. The van der Waals surface area contributed by atoms with Crippen LogP contribution in [0.3, 0.4) is 0 Å². The van der Waals surface area contributed by atoms with Crippen molar-refractivity contribution in [3.05, 3.63) is 46.0 Å². The monoisotopic (exact) mass is 345 g/mol. The van der Waals surface area contributed by atoms with E-state index in [-0.39, 0.29) is 17.1 Å². The molecule has 11 nitrogen and oxygen atoms in total. The molecule has 2 aromatic rings.